The molecule has 1 aliphatic rings. The zero-order chi connectivity index (χ0) is 33.9. The molecule has 0 radical (unpaired) electrons. The minimum absolute atomic E-state index is 0.969. The number of para-hydroxylation sites is 3. The fraction of sp³-hybridized carbons (Fsp3) is 0.0208. The van der Waals surface area contributed by atoms with Crippen LogP contribution in [0.1, 0.15) is 11.1 Å². The van der Waals surface area contributed by atoms with Gasteiger partial charge in [-0.3, -0.25) is 4.98 Å². The third kappa shape index (κ3) is 3.63. The minimum Gasteiger partial charge on any atom is -0.307 e. The molecule has 0 saturated carbocycles. The Kier molecular flexibility index (Phi) is 5.53. The second-order valence-corrected chi connectivity index (χ2v) is 14.0. The molecule has 52 heavy (non-hydrogen) atoms. The Bertz CT molecular complexity index is 3210. The van der Waals surface area contributed by atoms with Crippen LogP contribution >= 0.6 is 0 Å². The van der Waals surface area contributed by atoms with Crippen LogP contribution < -0.4 is 0 Å². The van der Waals surface area contributed by atoms with Gasteiger partial charge in [0.2, 0.25) is 0 Å². The summed E-state index contributed by atoms with van der Waals surface area (Å²) in [6, 6.07) is 57.9. The van der Waals surface area contributed by atoms with Gasteiger partial charge in [-0.05, 0) is 76.2 Å². The van der Waals surface area contributed by atoms with Crippen molar-refractivity contribution >= 4 is 65.4 Å². The maximum atomic E-state index is 4.63. The average Bonchev–Trinajstić information content (AvgIpc) is 3.94. The summed E-state index contributed by atoms with van der Waals surface area (Å²) in [6.45, 7) is 0. The second-order valence-electron chi connectivity index (χ2n) is 14.0. The number of pyridine rings is 1. The number of fused-ring (bicyclic) bond motifs is 13. The quantitative estimate of drug-likeness (QED) is 0.185. The van der Waals surface area contributed by atoms with Crippen LogP contribution in [0.3, 0.4) is 0 Å². The minimum atomic E-state index is 0.969. The lowest BCUT2D eigenvalue weighted by molar-refractivity contribution is 0.774. The standard InChI is InChI=1S/C48H30N4/c1-2-11-34-31(10-1)28-42-33(15-9-16-35(34)42)30-20-22-32(23-21-30)50-43-17-6-3-13-37(43)40-24-25-41-38-14-5-8-19-45(38)52(48(41)47(40)50)51-44-18-7-4-12-36(44)39-26-27-49-29-46(39)51/h1-27,29H,28H2. The van der Waals surface area contributed by atoms with Gasteiger partial charge in [0.15, 0.2) is 0 Å². The first kappa shape index (κ1) is 27.9. The molecule has 242 valence electrons. The van der Waals surface area contributed by atoms with Gasteiger partial charge < -0.3 is 4.57 Å². The Morgan fingerprint density at radius 2 is 1.00 bits per heavy atom. The molecule has 4 heteroatoms. The number of hydrogen-bond acceptors (Lipinski definition) is 1. The molecular weight excluding hydrogens is 633 g/mol. The Morgan fingerprint density at radius 3 is 1.81 bits per heavy atom. The maximum Gasteiger partial charge on any atom is 0.0963 e. The molecule has 0 unspecified atom stereocenters. The van der Waals surface area contributed by atoms with Gasteiger partial charge >= 0.3 is 0 Å². The SMILES string of the molecule is c1ccc2c(c1)Cc1c(-c3ccc(-n4c5ccccc5c5ccc6c7ccccc7n(-n7c8ccccc8c8ccncc87)c6c54)cc3)cccc1-2. The van der Waals surface area contributed by atoms with E-state index < -0.39 is 0 Å². The van der Waals surface area contributed by atoms with Crippen molar-refractivity contribution in [2.45, 2.75) is 6.42 Å². The van der Waals surface area contributed by atoms with E-state index >= 15 is 0 Å². The van der Waals surface area contributed by atoms with Crippen molar-refractivity contribution in [3.8, 4) is 27.9 Å². The monoisotopic (exact) mass is 662 g/mol. The van der Waals surface area contributed by atoms with E-state index in [-0.39, 0.29) is 0 Å². The Hall–Kier alpha value is -6.91. The van der Waals surface area contributed by atoms with Gasteiger partial charge in [-0.25, -0.2) is 9.35 Å². The fourth-order valence-electron chi connectivity index (χ4n) is 9.19. The number of rotatable bonds is 3. The molecule has 0 aliphatic heterocycles. The van der Waals surface area contributed by atoms with Crippen molar-refractivity contribution < 1.29 is 0 Å². The first-order valence-corrected chi connectivity index (χ1v) is 17.9. The van der Waals surface area contributed by atoms with E-state index in [9.17, 15) is 0 Å². The van der Waals surface area contributed by atoms with Gasteiger partial charge in [0.25, 0.3) is 0 Å². The van der Waals surface area contributed by atoms with Crippen molar-refractivity contribution in [1.29, 1.82) is 0 Å². The van der Waals surface area contributed by atoms with Gasteiger partial charge in [-0.1, -0.05) is 121 Å². The van der Waals surface area contributed by atoms with E-state index in [1.165, 1.54) is 82.2 Å². The van der Waals surface area contributed by atoms with Crippen LogP contribution in [0.2, 0.25) is 0 Å². The molecule has 12 rings (SSSR count). The topological polar surface area (TPSA) is 27.7 Å². The van der Waals surface area contributed by atoms with Crippen molar-refractivity contribution in [3.05, 3.63) is 181 Å². The summed E-state index contributed by atoms with van der Waals surface area (Å²) in [5.74, 6) is 0. The summed E-state index contributed by atoms with van der Waals surface area (Å²) in [4.78, 5) is 4.63. The van der Waals surface area contributed by atoms with E-state index in [1.807, 2.05) is 12.4 Å². The zero-order valence-electron chi connectivity index (χ0n) is 28.2. The first-order chi connectivity index (χ1) is 25.8. The van der Waals surface area contributed by atoms with E-state index in [1.54, 1.807) is 0 Å². The van der Waals surface area contributed by atoms with E-state index in [2.05, 4.69) is 177 Å². The summed E-state index contributed by atoms with van der Waals surface area (Å²) >= 11 is 0. The lowest BCUT2D eigenvalue weighted by Gasteiger charge is -2.16. The highest BCUT2D eigenvalue weighted by Gasteiger charge is 2.24. The lowest BCUT2D eigenvalue weighted by atomic mass is 9.95. The van der Waals surface area contributed by atoms with Crippen LogP contribution in [0.5, 0.6) is 0 Å². The smallest absolute Gasteiger partial charge is 0.0963 e. The van der Waals surface area contributed by atoms with Crippen LogP contribution in [0.4, 0.5) is 0 Å². The molecule has 0 fully saturated rings. The van der Waals surface area contributed by atoms with Gasteiger partial charge in [0.1, 0.15) is 0 Å². The normalized spacial score (nSPS) is 12.5. The van der Waals surface area contributed by atoms with E-state index in [0.717, 1.165) is 28.7 Å². The highest BCUT2D eigenvalue weighted by Crippen LogP contribution is 2.44. The second kappa shape index (κ2) is 10.3. The third-order valence-corrected chi connectivity index (χ3v) is 11.4. The summed E-state index contributed by atoms with van der Waals surface area (Å²) in [7, 11) is 0. The molecule has 0 N–H and O–H groups in total. The molecule has 0 amide bonds. The average molecular weight is 663 g/mol. The summed E-state index contributed by atoms with van der Waals surface area (Å²) < 4.78 is 7.29. The van der Waals surface area contributed by atoms with Crippen LogP contribution in [0.25, 0.3) is 93.4 Å². The van der Waals surface area contributed by atoms with Crippen LogP contribution in [-0.2, 0) is 6.42 Å². The maximum absolute atomic E-state index is 4.63. The molecule has 1 aliphatic carbocycles. The number of nitrogens with zero attached hydrogens (tertiary/aromatic N) is 4. The van der Waals surface area contributed by atoms with Gasteiger partial charge in [-0.2, -0.15) is 0 Å². The van der Waals surface area contributed by atoms with Crippen LogP contribution in [0, 0.1) is 0 Å². The third-order valence-electron chi connectivity index (χ3n) is 11.4. The largest absolute Gasteiger partial charge is 0.307 e. The first-order valence-electron chi connectivity index (χ1n) is 17.9. The number of aromatic nitrogens is 4. The molecule has 4 heterocycles. The summed E-state index contributed by atoms with van der Waals surface area (Å²) in [6.07, 6.45) is 4.87. The predicted molar refractivity (Wildman–Crippen MR) is 215 cm³/mol. The van der Waals surface area contributed by atoms with Crippen molar-refractivity contribution in [1.82, 2.24) is 18.9 Å². The van der Waals surface area contributed by atoms with Crippen LogP contribution in [0.15, 0.2) is 170 Å². The summed E-state index contributed by atoms with van der Waals surface area (Å²) in [5, 5.41) is 7.31. The van der Waals surface area contributed by atoms with Crippen molar-refractivity contribution in [2.75, 3.05) is 0 Å². The molecule has 7 aromatic carbocycles. The Morgan fingerprint density at radius 1 is 0.404 bits per heavy atom. The number of benzene rings is 7. The molecule has 0 bridgehead atoms. The summed E-state index contributed by atoms with van der Waals surface area (Å²) in [5.41, 5.74) is 16.2. The highest BCUT2D eigenvalue weighted by atomic mass is 15.5. The Labute approximate surface area is 299 Å². The molecule has 11 aromatic rings. The molecule has 0 atom stereocenters. The fourth-order valence-corrected chi connectivity index (χ4v) is 9.19. The molecule has 4 aromatic heterocycles. The van der Waals surface area contributed by atoms with Crippen molar-refractivity contribution in [2.24, 2.45) is 0 Å². The van der Waals surface area contributed by atoms with Gasteiger partial charge in [0.05, 0.1) is 39.3 Å². The van der Waals surface area contributed by atoms with Crippen molar-refractivity contribution in [3.63, 3.8) is 0 Å². The molecule has 0 spiro atoms. The zero-order valence-corrected chi connectivity index (χ0v) is 28.2. The van der Waals surface area contributed by atoms with Gasteiger partial charge in [0, 0.05) is 44.2 Å². The van der Waals surface area contributed by atoms with E-state index in [4.69, 9.17) is 0 Å². The van der Waals surface area contributed by atoms with Gasteiger partial charge in [-0.15, -0.1) is 0 Å². The lowest BCUT2D eigenvalue weighted by Crippen LogP contribution is -2.09. The highest BCUT2D eigenvalue weighted by molar-refractivity contribution is 6.23. The predicted octanol–water partition coefficient (Wildman–Crippen LogP) is 11.9. The molecular formula is C48H30N4. The van der Waals surface area contributed by atoms with Crippen LogP contribution in [-0.4, -0.2) is 18.9 Å². The number of hydrogen-bond donors (Lipinski definition) is 0. The Balaban J connectivity index is 1.16. The van der Waals surface area contributed by atoms with E-state index in [0.29, 0.717) is 0 Å². The molecule has 4 nitrogen and oxygen atoms in total. The molecule has 0 saturated heterocycles.